The van der Waals surface area contributed by atoms with E-state index in [1.165, 1.54) is 18.2 Å². The lowest BCUT2D eigenvalue weighted by Gasteiger charge is -2.09. The minimum atomic E-state index is -0.505. The van der Waals surface area contributed by atoms with Crippen molar-refractivity contribution < 1.29 is 14.8 Å². The average molecular weight is 321 g/mol. The lowest BCUT2D eigenvalue weighted by atomic mass is 10.0. The Kier molecular flexibility index (Phi) is 4.43. The molecule has 1 N–H and O–H groups in total. The summed E-state index contributed by atoms with van der Waals surface area (Å²) in [6, 6.07) is 20.9. The van der Waals surface area contributed by atoms with E-state index in [-0.39, 0.29) is 17.0 Å². The predicted molar refractivity (Wildman–Crippen MR) is 91.0 cm³/mol. The van der Waals surface area contributed by atoms with Crippen LogP contribution in [0.25, 0.3) is 11.1 Å². The zero-order valence-corrected chi connectivity index (χ0v) is 12.8. The molecule has 24 heavy (non-hydrogen) atoms. The Morgan fingerprint density at radius 2 is 1.62 bits per heavy atom. The third kappa shape index (κ3) is 3.35. The van der Waals surface area contributed by atoms with Gasteiger partial charge in [-0.25, -0.2) is 0 Å². The molecule has 3 aromatic carbocycles. The first-order valence-corrected chi connectivity index (χ1v) is 7.38. The molecule has 5 heteroatoms. The van der Waals surface area contributed by atoms with Crippen molar-refractivity contribution in [2.45, 2.75) is 6.61 Å². The van der Waals surface area contributed by atoms with Crippen LogP contribution in [0.4, 0.5) is 5.69 Å². The maximum Gasteiger partial charge on any atom is 0.280 e. The first-order valence-electron chi connectivity index (χ1n) is 7.38. The molecule has 0 heterocycles. The van der Waals surface area contributed by atoms with Gasteiger partial charge in [0.05, 0.1) is 4.92 Å². The van der Waals surface area contributed by atoms with Gasteiger partial charge in [0.15, 0.2) is 0 Å². The lowest BCUT2D eigenvalue weighted by molar-refractivity contribution is -0.384. The molecule has 0 saturated carbocycles. The molecule has 0 aromatic heterocycles. The summed E-state index contributed by atoms with van der Waals surface area (Å²) < 4.78 is 5.69. The Labute approximate surface area is 138 Å². The second-order valence-corrected chi connectivity index (χ2v) is 5.23. The first-order chi connectivity index (χ1) is 11.6. The lowest BCUT2D eigenvalue weighted by Crippen LogP contribution is -1.95. The number of hydrogen-bond acceptors (Lipinski definition) is 4. The van der Waals surface area contributed by atoms with Crippen molar-refractivity contribution in [2.24, 2.45) is 0 Å². The van der Waals surface area contributed by atoms with E-state index in [0.29, 0.717) is 17.9 Å². The van der Waals surface area contributed by atoms with Crippen molar-refractivity contribution in [1.82, 2.24) is 0 Å². The SMILES string of the molecule is O=[N+]([O-])c1cccc(O)c1-c1ccc(OCc2ccccc2)cc1. The Morgan fingerprint density at radius 3 is 2.29 bits per heavy atom. The van der Waals surface area contributed by atoms with Gasteiger partial charge in [0.25, 0.3) is 5.69 Å². The topological polar surface area (TPSA) is 72.6 Å². The van der Waals surface area contributed by atoms with Gasteiger partial charge >= 0.3 is 0 Å². The molecular formula is C19H15NO4. The van der Waals surface area contributed by atoms with E-state index < -0.39 is 4.92 Å². The number of hydrogen-bond donors (Lipinski definition) is 1. The van der Waals surface area contributed by atoms with Gasteiger partial charge in [0.1, 0.15) is 23.7 Å². The van der Waals surface area contributed by atoms with E-state index in [1.54, 1.807) is 24.3 Å². The molecule has 0 aliphatic rings. The normalized spacial score (nSPS) is 10.3. The molecule has 0 amide bonds. The Hall–Kier alpha value is -3.34. The van der Waals surface area contributed by atoms with Crippen LogP contribution in [0.1, 0.15) is 5.56 Å². The van der Waals surface area contributed by atoms with Crippen LogP contribution in [-0.4, -0.2) is 10.0 Å². The largest absolute Gasteiger partial charge is 0.507 e. The number of phenols is 1. The van der Waals surface area contributed by atoms with Crippen molar-refractivity contribution in [3.05, 3.63) is 88.5 Å². The summed E-state index contributed by atoms with van der Waals surface area (Å²) in [7, 11) is 0. The van der Waals surface area contributed by atoms with Gasteiger partial charge in [-0.3, -0.25) is 10.1 Å². The van der Waals surface area contributed by atoms with E-state index in [4.69, 9.17) is 4.74 Å². The average Bonchev–Trinajstić information content (AvgIpc) is 2.61. The quantitative estimate of drug-likeness (QED) is 0.553. The van der Waals surface area contributed by atoms with Crippen LogP contribution in [0, 0.1) is 10.1 Å². The summed E-state index contributed by atoms with van der Waals surface area (Å²) in [5.41, 5.74) is 1.69. The Morgan fingerprint density at radius 1 is 0.917 bits per heavy atom. The second-order valence-electron chi connectivity index (χ2n) is 5.23. The molecule has 0 radical (unpaired) electrons. The minimum absolute atomic E-state index is 0.123. The van der Waals surface area contributed by atoms with Crippen molar-refractivity contribution in [2.75, 3.05) is 0 Å². The van der Waals surface area contributed by atoms with Gasteiger partial charge < -0.3 is 9.84 Å². The molecule has 0 bridgehead atoms. The number of aromatic hydroxyl groups is 1. The highest BCUT2D eigenvalue weighted by Crippen LogP contribution is 2.37. The van der Waals surface area contributed by atoms with Crippen LogP contribution in [0.15, 0.2) is 72.8 Å². The summed E-state index contributed by atoms with van der Waals surface area (Å²) in [5.74, 6) is 0.530. The molecule has 5 nitrogen and oxygen atoms in total. The molecule has 0 unspecified atom stereocenters. The summed E-state index contributed by atoms with van der Waals surface area (Å²) in [6.45, 7) is 0.441. The number of benzene rings is 3. The van der Waals surface area contributed by atoms with Crippen LogP contribution >= 0.6 is 0 Å². The highest BCUT2D eigenvalue weighted by molar-refractivity contribution is 5.79. The summed E-state index contributed by atoms with van der Waals surface area (Å²) in [6.07, 6.45) is 0. The number of rotatable bonds is 5. The van der Waals surface area contributed by atoms with Crippen molar-refractivity contribution in [3.8, 4) is 22.6 Å². The van der Waals surface area contributed by atoms with Crippen LogP contribution < -0.4 is 4.74 Å². The van der Waals surface area contributed by atoms with Gasteiger partial charge in [-0.15, -0.1) is 0 Å². The van der Waals surface area contributed by atoms with E-state index in [1.807, 2.05) is 30.3 Å². The smallest absolute Gasteiger partial charge is 0.280 e. The molecule has 0 saturated heterocycles. The van der Waals surface area contributed by atoms with Crippen LogP contribution in [0.2, 0.25) is 0 Å². The summed E-state index contributed by atoms with van der Waals surface area (Å²) in [4.78, 5) is 10.6. The van der Waals surface area contributed by atoms with Gasteiger partial charge in [0, 0.05) is 6.07 Å². The third-order valence-corrected chi connectivity index (χ3v) is 3.61. The molecule has 0 atom stereocenters. The minimum Gasteiger partial charge on any atom is -0.507 e. The van der Waals surface area contributed by atoms with Crippen molar-refractivity contribution in [3.63, 3.8) is 0 Å². The zero-order chi connectivity index (χ0) is 16.9. The zero-order valence-electron chi connectivity index (χ0n) is 12.8. The van der Waals surface area contributed by atoms with E-state index in [2.05, 4.69) is 0 Å². The highest BCUT2D eigenvalue weighted by atomic mass is 16.6. The molecule has 0 aliphatic heterocycles. The Balaban J connectivity index is 1.81. The summed E-state index contributed by atoms with van der Waals surface area (Å²) in [5, 5.41) is 21.1. The third-order valence-electron chi connectivity index (χ3n) is 3.61. The van der Waals surface area contributed by atoms with Crippen LogP contribution in [-0.2, 0) is 6.61 Å². The molecule has 0 aliphatic carbocycles. The monoisotopic (exact) mass is 321 g/mol. The van der Waals surface area contributed by atoms with Gasteiger partial charge in [-0.05, 0) is 29.3 Å². The maximum atomic E-state index is 11.1. The predicted octanol–water partition coefficient (Wildman–Crippen LogP) is 4.55. The number of ether oxygens (including phenoxy) is 1. The standard InChI is InChI=1S/C19H15NO4/c21-18-8-4-7-17(20(22)23)19(18)15-9-11-16(12-10-15)24-13-14-5-2-1-3-6-14/h1-12,21H,13H2. The van der Waals surface area contributed by atoms with E-state index in [9.17, 15) is 15.2 Å². The van der Waals surface area contributed by atoms with Crippen molar-refractivity contribution >= 4 is 5.69 Å². The first kappa shape index (κ1) is 15.6. The Bertz CT molecular complexity index is 845. The number of nitrogens with zero attached hydrogens (tertiary/aromatic N) is 1. The molecule has 0 fully saturated rings. The van der Waals surface area contributed by atoms with E-state index >= 15 is 0 Å². The number of nitro groups is 1. The fraction of sp³-hybridized carbons (Fsp3) is 0.0526. The fourth-order valence-electron chi connectivity index (χ4n) is 2.43. The number of nitro benzene ring substituents is 1. The van der Waals surface area contributed by atoms with E-state index in [0.717, 1.165) is 5.56 Å². The fourth-order valence-corrected chi connectivity index (χ4v) is 2.43. The number of phenolic OH excluding ortho intramolecular Hbond substituents is 1. The maximum absolute atomic E-state index is 11.1. The second kappa shape index (κ2) is 6.83. The van der Waals surface area contributed by atoms with Gasteiger partial charge in [0.2, 0.25) is 0 Å². The highest BCUT2D eigenvalue weighted by Gasteiger charge is 2.18. The van der Waals surface area contributed by atoms with Crippen LogP contribution in [0.3, 0.4) is 0 Å². The van der Waals surface area contributed by atoms with Gasteiger partial charge in [-0.1, -0.05) is 48.5 Å². The summed E-state index contributed by atoms with van der Waals surface area (Å²) >= 11 is 0. The molecule has 3 rings (SSSR count). The molecule has 120 valence electrons. The molecule has 0 spiro atoms. The van der Waals surface area contributed by atoms with Gasteiger partial charge in [-0.2, -0.15) is 0 Å². The molecular weight excluding hydrogens is 306 g/mol. The van der Waals surface area contributed by atoms with Crippen molar-refractivity contribution in [1.29, 1.82) is 0 Å². The molecule has 3 aromatic rings. The van der Waals surface area contributed by atoms with Crippen LogP contribution in [0.5, 0.6) is 11.5 Å².